The molecule has 0 spiro atoms. The van der Waals surface area contributed by atoms with Crippen molar-refractivity contribution < 1.29 is 9.53 Å². The molecule has 5 heteroatoms. The van der Waals surface area contributed by atoms with E-state index in [0.717, 1.165) is 0 Å². The van der Waals surface area contributed by atoms with Crippen molar-refractivity contribution in [3.63, 3.8) is 0 Å². The van der Waals surface area contributed by atoms with Crippen LogP contribution in [0, 0.1) is 12.3 Å². The average Bonchev–Trinajstić information content (AvgIpc) is 2.16. The molecule has 0 aromatic carbocycles. The second-order valence-corrected chi connectivity index (χ2v) is 4.06. The number of aromatic nitrogens is 2. The summed E-state index contributed by atoms with van der Waals surface area (Å²) in [5.74, 6) is 2.63. The molecular weight excluding hydrogens is 206 g/mol. The first-order valence-electron chi connectivity index (χ1n) is 4.69. The van der Waals surface area contributed by atoms with Crippen LogP contribution >= 0.6 is 0 Å². The van der Waals surface area contributed by atoms with E-state index < -0.39 is 11.7 Å². The van der Waals surface area contributed by atoms with Crippen molar-refractivity contribution in [2.45, 2.75) is 26.4 Å². The number of hydrogen-bond acceptors (Lipinski definition) is 4. The number of carbonyl (C=O) groups is 1. The number of ether oxygens (including phenoxy) is 1. The minimum Gasteiger partial charge on any atom is -0.444 e. The Kier molecular flexibility index (Phi) is 3.46. The first-order chi connectivity index (χ1) is 7.40. The van der Waals surface area contributed by atoms with Crippen LogP contribution in [0.1, 0.15) is 26.5 Å². The predicted molar refractivity (Wildman–Crippen MR) is 59.8 cm³/mol. The first kappa shape index (κ1) is 12.0. The highest BCUT2D eigenvalue weighted by Gasteiger charge is 2.16. The molecular formula is C11H13N3O2. The molecule has 0 saturated heterocycles. The number of nitrogens with one attached hydrogen (secondary N) is 1. The van der Waals surface area contributed by atoms with Crippen LogP contribution in [0.2, 0.25) is 0 Å². The standard InChI is InChI=1S/C11H13N3O2/c1-5-8-6-13-9(7-12-8)14-10(15)16-11(2,3)4/h1,6-7H,2-4H3,(H,13,14,15). The van der Waals surface area contributed by atoms with Gasteiger partial charge < -0.3 is 4.74 Å². The van der Waals surface area contributed by atoms with E-state index in [1.54, 1.807) is 20.8 Å². The zero-order chi connectivity index (χ0) is 12.2. The molecule has 0 aliphatic rings. The number of terminal acetylenes is 1. The zero-order valence-electron chi connectivity index (χ0n) is 9.44. The third-order valence-electron chi connectivity index (χ3n) is 1.43. The molecule has 5 nitrogen and oxygen atoms in total. The highest BCUT2D eigenvalue weighted by molar-refractivity contribution is 5.83. The van der Waals surface area contributed by atoms with Gasteiger partial charge in [0.25, 0.3) is 0 Å². The van der Waals surface area contributed by atoms with Crippen molar-refractivity contribution in [1.29, 1.82) is 0 Å². The summed E-state index contributed by atoms with van der Waals surface area (Å²) in [5, 5.41) is 2.45. The van der Waals surface area contributed by atoms with Crippen LogP contribution in [0.4, 0.5) is 10.6 Å². The Labute approximate surface area is 94.2 Å². The summed E-state index contributed by atoms with van der Waals surface area (Å²) in [6, 6.07) is 0. The SMILES string of the molecule is C#Cc1cnc(NC(=O)OC(C)(C)C)cn1. The molecule has 1 amide bonds. The average molecular weight is 219 g/mol. The highest BCUT2D eigenvalue weighted by Crippen LogP contribution is 2.09. The van der Waals surface area contributed by atoms with E-state index in [1.807, 2.05) is 0 Å². The normalized spacial score (nSPS) is 10.4. The van der Waals surface area contributed by atoms with Gasteiger partial charge in [0.1, 0.15) is 11.3 Å². The number of amides is 1. The van der Waals surface area contributed by atoms with Crippen molar-refractivity contribution in [2.75, 3.05) is 5.32 Å². The molecule has 0 aliphatic heterocycles. The van der Waals surface area contributed by atoms with Gasteiger partial charge in [-0.15, -0.1) is 6.42 Å². The lowest BCUT2D eigenvalue weighted by Gasteiger charge is -2.19. The number of rotatable bonds is 1. The van der Waals surface area contributed by atoms with Crippen molar-refractivity contribution in [3.05, 3.63) is 18.1 Å². The molecule has 0 radical (unpaired) electrons. The fourth-order valence-corrected chi connectivity index (χ4v) is 0.875. The lowest BCUT2D eigenvalue weighted by atomic mass is 10.2. The van der Waals surface area contributed by atoms with E-state index in [-0.39, 0.29) is 0 Å². The van der Waals surface area contributed by atoms with Gasteiger partial charge in [-0.1, -0.05) is 0 Å². The third-order valence-corrected chi connectivity index (χ3v) is 1.43. The van der Waals surface area contributed by atoms with Gasteiger partial charge in [-0.3, -0.25) is 5.32 Å². The summed E-state index contributed by atoms with van der Waals surface area (Å²) in [4.78, 5) is 19.1. The summed E-state index contributed by atoms with van der Waals surface area (Å²) in [6.45, 7) is 5.33. The Morgan fingerprint density at radius 2 is 2.12 bits per heavy atom. The van der Waals surface area contributed by atoms with Crippen LogP contribution in [-0.4, -0.2) is 21.7 Å². The molecule has 1 aromatic rings. The van der Waals surface area contributed by atoms with Crippen LogP contribution in [0.15, 0.2) is 12.4 Å². The molecule has 84 valence electrons. The monoisotopic (exact) mass is 219 g/mol. The smallest absolute Gasteiger partial charge is 0.413 e. The second kappa shape index (κ2) is 4.62. The molecule has 0 aliphatic carbocycles. The molecule has 1 aromatic heterocycles. The Hall–Kier alpha value is -2.09. The van der Waals surface area contributed by atoms with Crippen molar-refractivity contribution in [2.24, 2.45) is 0 Å². The van der Waals surface area contributed by atoms with Gasteiger partial charge in [-0.2, -0.15) is 0 Å². The van der Waals surface area contributed by atoms with Gasteiger partial charge in [-0.05, 0) is 26.7 Å². The van der Waals surface area contributed by atoms with Gasteiger partial charge in [0, 0.05) is 0 Å². The fourth-order valence-electron chi connectivity index (χ4n) is 0.875. The van der Waals surface area contributed by atoms with Gasteiger partial charge in [0.2, 0.25) is 0 Å². The van der Waals surface area contributed by atoms with Gasteiger partial charge in [0.15, 0.2) is 5.82 Å². The summed E-state index contributed by atoms with van der Waals surface area (Å²) < 4.78 is 5.04. The van der Waals surface area contributed by atoms with Gasteiger partial charge >= 0.3 is 6.09 Å². The molecule has 1 N–H and O–H groups in total. The minimum atomic E-state index is -0.574. The number of anilines is 1. The quantitative estimate of drug-likeness (QED) is 0.731. The van der Waals surface area contributed by atoms with Gasteiger partial charge in [-0.25, -0.2) is 14.8 Å². The predicted octanol–water partition coefficient (Wildman–Crippen LogP) is 1.80. The largest absolute Gasteiger partial charge is 0.444 e. The van der Waals surface area contributed by atoms with E-state index in [2.05, 4.69) is 21.2 Å². The topological polar surface area (TPSA) is 64.1 Å². The van der Waals surface area contributed by atoms with Crippen LogP contribution < -0.4 is 5.32 Å². The van der Waals surface area contributed by atoms with Crippen LogP contribution in [-0.2, 0) is 4.74 Å². The number of nitrogens with zero attached hydrogens (tertiary/aromatic N) is 2. The molecule has 0 fully saturated rings. The third kappa shape index (κ3) is 3.96. The molecule has 0 saturated carbocycles. The highest BCUT2D eigenvalue weighted by atomic mass is 16.6. The molecule has 1 rings (SSSR count). The lowest BCUT2D eigenvalue weighted by molar-refractivity contribution is 0.0635. The van der Waals surface area contributed by atoms with Crippen molar-refractivity contribution >= 4 is 11.9 Å². The molecule has 0 bridgehead atoms. The summed E-state index contributed by atoms with van der Waals surface area (Å²) >= 11 is 0. The summed E-state index contributed by atoms with van der Waals surface area (Å²) in [7, 11) is 0. The maximum absolute atomic E-state index is 11.3. The summed E-state index contributed by atoms with van der Waals surface area (Å²) in [5.41, 5.74) is -0.134. The van der Waals surface area contributed by atoms with Gasteiger partial charge in [0.05, 0.1) is 12.4 Å². The van der Waals surface area contributed by atoms with Crippen LogP contribution in [0.25, 0.3) is 0 Å². The Bertz CT molecular complexity index is 412. The maximum Gasteiger partial charge on any atom is 0.413 e. The molecule has 0 unspecified atom stereocenters. The maximum atomic E-state index is 11.3. The Balaban J connectivity index is 2.61. The fraction of sp³-hybridized carbons (Fsp3) is 0.364. The zero-order valence-corrected chi connectivity index (χ0v) is 9.44. The lowest BCUT2D eigenvalue weighted by Crippen LogP contribution is -2.27. The Morgan fingerprint density at radius 1 is 1.44 bits per heavy atom. The summed E-state index contributed by atoms with van der Waals surface area (Å²) in [6.07, 6.45) is 7.32. The van der Waals surface area contributed by atoms with E-state index >= 15 is 0 Å². The first-order valence-corrected chi connectivity index (χ1v) is 4.69. The van der Waals surface area contributed by atoms with E-state index in [0.29, 0.717) is 11.5 Å². The van der Waals surface area contributed by atoms with Crippen LogP contribution in [0.3, 0.4) is 0 Å². The molecule has 1 heterocycles. The number of carbonyl (C=O) groups excluding carboxylic acids is 1. The second-order valence-electron chi connectivity index (χ2n) is 4.06. The Morgan fingerprint density at radius 3 is 2.56 bits per heavy atom. The minimum absolute atomic E-state index is 0.299. The van der Waals surface area contributed by atoms with E-state index in [9.17, 15) is 4.79 Å². The van der Waals surface area contributed by atoms with Crippen LogP contribution in [0.5, 0.6) is 0 Å². The van der Waals surface area contributed by atoms with E-state index in [1.165, 1.54) is 12.4 Å². The van der Waals surface area contributed by atoms with E-state index in [4.69, 9.17) is 11.2 Å². The number of hydrogen-bond donors (Lipinski definition) is 1. The van der Waals surface area contributed by atoms with Crippen molar-refractivity contribution in [3.8, 4) is 12.3 Å². The molecule has 0 atom stereocenters. The van der Waals surface area contributed by atoms with Crippen molar-refractivity contribution in [1.82, 2.24) is 9.97 Å². The molecule has 16 heavy (non-hydrogen) atoms.